The Labute approximate surface area is 273 Å². The van der Waals surface area contributed by atoms with Crippen LogP contribution in [-0.2, 0) is 23.9 Å². The number of carboxylic acids is 4. The number of rotatable bonds is 29. The van der Waals surface area contributed by atoms with Crippen molar-refractivity contribution >= 4 is 23.9 Å². The van der Waals surface area contributed by atoms with Crippen molar-refractivity contribution in [1.29, 1.82) is 0 Å². The highest BCUT2D eigenvalue weighted by molar-refractivity contribution is 5.92. The molecule has 0 spiro atoms. The topological polar surface area (TPSA) is 158 Å². The summed E-state index contributed by atoms with van der Waals surface area (Å²) in [5, 5.41) is 37.3. The van der Waals surface area contributed by atoms with E-state index in [0.29, 0.717) is 5.92 Å². The van der Waals surface area contributed by atoms with Crippen LogP contribution in [0, 0.1) is 17.3 Å². The smallest absolute Gasteiger partial charge is 0.337 e. The number of unbranched alkanes of at least 4 members (excludes halogenated alkanes) is 12. The van der Waals surface area contributed by atoms with E-state index in [1.54, 1.807) is 0 Å². The summed E-state index contributed by atoms with van der Waals surface area (Å²) in [6, 6.07) is 0. The van der Waals surface area contributed by atoms with Crippen molar-refractivity contribution < 1.29 is 44.3 Å². The number of hydrogen-bond donors (Lipinski definition) is 4. The molecule has 3 atom stereocenters. The largest absolute Gasteiger partial charge is 0.481 e. The molecule has 266 valence electrons. The lowest BCUT2D eigenvalue weighted by Crippen LogP contribution is -2.60. The average Bonchev–Trinajstić information content (AvgIpc) is 2.99. The summed E-state index contributed by atoms with van der Waals surface area (Å²) in [5.41, 5.74) is -4.06. The summed E-state index contributed by atoms with van der Waals surface area (Å²) in [5.74, 6) is -4.42. The summed E-state index contributed by atoms with van der Waals surface area (Å²) in [6.07, 6.45) is 21.6. The second kappa shape index (κ2) is 27.0. The van der Waals surface area contributed by atoms with Crippen LogP contribution in [0.15, 0.2) is 0 Å². The van der Waals surface area contributed by atoms with Crippen LogP contribution in [-0.4, -0.2) is 56.5 Å². The molecule has 0 bridgehead atoms. The first-order valence-corrected chi connectivity index (χ1v) is 17.9. The van der Waals surface area contributed by atoms with Crippen molar-refractivity contribution in [3.05, 3.63) is 0 Å². The Balaban J connectivity index is 0. The van der Waals surface area contributed by atoms with Gasteiger partial charge in [0.05, 0.1) is 12.3 Å². The van der Waals surface area contributed by atoms with Crippen LogP contribution in [0.2, 0.25) is 0 Å². The van der Waals surface area contributed by atoms with Crippen molar-refractivity contribution in [2.24, 2.45) is 17.3 Å². The van der Waals surface area contributed by atoms with E-state index in [0.717, 1.165) is 25.7 Å². The molecule has 0 aromatic carbocycles. The van der Waals surface area contributed by atoms with Crippen molar-refractivity contribution in [2.45, 2.75) is 182 Å². The molecule has 0 radical (unpaired) electrons. The Morgan fingerprint density at radius 2 is 1.07 bits per heavy atom. The van der Waals surface area contributed by atoms with Gasteiger partial charge in [-0.1, -0.05) is 137 Å². The van der Waals surface area contributed by atoms with E-state index in [2.05, 4.69) is 20.8 Å². The molecule has 0 aliphatic heterocycles. The molecular weight excluding hydrogens is 576 g/mol. The van der Waals surface area contributed by atoms with Gasteiger partial charge < -0.3 is 25.2 Å². The fraction of sp³-hybridized carbons (Fsp3) is 0.889. The molecule has 9 nitrogen and oxygen atoms in total. The molecule has 0 aliphatic rings. The lowest BCUT2D eigenvalue weighted by atomic mass is 9.66. The highest BCUT2D eigenvalue weighted by atomic mass is 16.5. The molecule has 0 aliphatic carbocycles. The van der Waals surface area contributed by atoms with Crippen molar-refractivity contribution in [1.82, 2.24) is 0 Å². The summed E-state index contributed by atoms with van der Waals surface area (Å²) in [4.78, 5) is 45.6. The van der Waals surface area contributed by atoms with E-state index in [1.165, 1.54) is 111 Å². The molecule has 0 amide bonds. The quantitative estimate of drug-likeness (QED) is 0.0581. The molecule has 0 saturated heterocycles. The molecule has 0 aromatic heterocycles. The normalized spacial score (nSPS) is 14.1. The van der Waals surface area contributed by atoms with E-state index in [-0.39, 0.29) is 25.4 Å². The third kappa shape index (κ3) is 17.4. The van der Waals surface area contributed by atoms with Gasteiger partial charge in [0.2, 0.25) is 0 Å². The van der Waals surface area contributed by atoms with Crippen LogP contribution in [0.5, 0.6) is 0 Å². The first kappa shape index (κ1) is 45.0. The second-order valence-corrected chi connectivity index (χ2v) is 12.6. The lowest BCUT2D eigenvalue weighted by Gasteiger charge is -2.42. The molecule has 0 rings (SSSR count). The highest BCUT2D eigenvalue weighted by Gasteiger charge is 2.62. The molecule has 45 heavy (non-hydrogen) atoms. The summed E-state index contributed by atoms with van der Waals surface area (Å²) in [7, 11) is 0. The van der Waals surface area contributed by atoms with Crippen LogP contribution >= 0.6 is 0 Å². The zero-order chi connectivity index (χ0) is 34.7. The molecule has 4 N–H and O–H groups in total. The van der Waals surface area contributed by atoms with Crippen LogP contribution < -0.4 is 0 Å². The number of carbonyl (C=O) groups is 4. The molecule has 0 fully saturated rings. The molecular formula is C36H68O9. The van der Waals surface area contributed by atoms with E-state index < -0.39 is 41.3 Å². The molecule has 0 aromatic rings. The average molecular weight is 645 g/mol. The fourth-order valence-corrected chi connectivity index (χ4v) is 6.41. The highest BCUT2D eigenvalue weighted by Crippen LogP contribution is 2.44. The maximum atomic E-state index is 11.6. The molecule has 9 heteroatoms. The van der Waals surface area contributed by atoms with Crippen LogP contribution in [0.4, 0.5) is 0 Å². The van der Waals surface area contributed by atoms with Gasteiger partial charge >= 0.3 is 23.9 Å². The monoisotopic (exact) mass is 644 g/mol. The molecule has 0 heterocycles. The Kier molecular flexibility index (Phi) is 27.0. The van der Waals surface area contributed by atoms with Crippen LogP contribution in [0.3, 0.4) is 0 Å². The predicted molar refractivity (Wildman–Crippen MR) is 180 cm³/mol. The van der Waals surface area contributed by atoms with Gasteiger partial charge in [0, 0.05) is 6.61 Å². The summed E-state index contributed by atoms with van der Waals surface area (Å²) in [6.45, 7) is 11.1. The van der Waals surface area contributed by atoms with Gasteiger partial charge in [-0.25, -0.2) is 4.79 Å². The number of hydrogen-bond acceptors (Lipinski definition) is 5. The lowest BCUT2D eigenvalue weighted by molar-refractivity contribution is -0.205. The van der Waals surface area contributed by atoms with E-state index >= 15 is 0 Å². The van der Waals surface area contributed by atoms with Crippen molar-refractivity contribution in [2.75, 3.05) is 6.61 Å². The minimum atomic E-state index is -2.27. The standard InChI is InChI=1S/C24H48O2.C12H20O7/c1-4-7-9-10-11-12-13-14-15-16-17-18-20-23(24(25)26)21-22(6-3)19-8-5-2;1-4-11(5-2,9(15)16)12(10(17)18,19-6-3)7-8(13)14/h22-23H,4-21H2,1-3H3,(H,25,26);4-7H2,1-3H3,(H,13,14)(H,15,16)(H,17,18). The van der Waals surface area contributed by atoms with E-state index in [1.807, 2.05) is 0 Å². The number of ether oxygens (including phenoxy) is 1. The van der Waals surface area contributed by atoms with Gasteiger partial charge in [-0.3, -0.25) is 14.4 Å². The van der Waals surface area contributed by atoms with Crippen molar-refractivity contribution in [3.63, 3.8) is 0 Å². The minimum Gasteiger partial charge on any atom is -0.481 e. The fourth-order valence-electron chi connectivity index (χ4n) is 6.41. The Morgan fingerprint density at radius 3 is 1.40 bits per heavy atom. The van der Waals surface area contributed by atoms with Gasteiger partial charge in [-0.2, -0.15) is 0 Å². The van der Waals surface area contributed by atoms with Crippen LogP contribution in [0.1, 0.15) is 176 Å². The third-order valence-electron chi connectivity index (χ3n) is 9.44. The first-order chi connectivity index (χ1) is 21.4. The summed E-state index contributed by atoms with van der Waals surface area (Å²) < 4.78 is 5.15. The maximum absolute atomic E-state index is 11.6. The Morgan fingerprint density at radius 1 is 0.600 bits per heavy atom. The summed E-state index contributed by atoms with van der Waals surface area (Å²) >= 11 is 0. The van der Waals surface area contributed by atoms with Crippen molar-refractivity contribution in [3.8, 4) is 0 Å². The van der Waals surface area contributed by atoms with E-state index in [4.69, 9.17) is 9.84 Å². The minimum absolute atomic E-state index is 0.0432. The number of carboxylic acid groups (broad SMARTS) is 4. The van der Waals surface area contributed by atoms with Gasteiger partial charge in [-0.15, -0.1) is 0 Å². The van der Waals surface area contributed by atoms with E-state index in [9.17, 15) is 34.5 Å². The van der Waals surface area contributed by atoms with Gasteiger partial charge in [-0.05, 0) is 38.5 Å². The first-order valence-electron chi connectivity index (χ1n) is 17.9. The van der Waals surface area contributed by atoms with Gasteiger partial charge in [0.1, 0.15) is 5.41 Å². The zero-order valence-electron chi connectivity index (χ0n) is 29.5. The Hall–Kier alpha value is -2.16. The third-order valence-corrected chi connectivity index (χ3v) is 9.44. The predicted octanol–water partition coefficient (Wildman–Crippen LogP) is 9.60. The SMILES string of the molecule is CCCCCCCCCCCCCCC(CC(CC)CCCC)C(=O)O.CCOC(CC(=O)O)(C(=O)O)C(CC)(CC)C(=O)O. The Bertz CT molecular complexity index is 793. The zero-order valence-corrected chi connectivity index (χ0v) is 29.5. The number of aliphatic carboxylic acids is 4. The maximum Gasteiger partial charge on any atom is 0.337 e. The molecule has 0 saturated carbocycles. The second-order valence-electron chi connectivity index (χ2n) is 12.6. The van der Waals surface area contributed by atoms with Crippen LogP contribution in [0.25, 0.3) is 0 Å². The van der Waals surface area contributed by atoms with Gasteiger partial charge in [0.25, 0.3) is 0 Å². The molecule has 3 unspecified atom stereocenters. The van der Waals surface area contributed by atoms with Gasteiger partial charge in [0.15, 0.2) is 5.60 Å².